The molecule has 0 spiro atoms. The van der Waals surface area contributed by atoms with E-state index in [2.05, 4.69) is 15.1 Å². The number of pyridine rings is 1. The maximum atomic E-state index is 13.9. The van der Waals surface area contributed by atoms with E-state index in [0.717, 1.165) is 53.2 Å². The van der Waals surface area contributed by atoms with Crippen LogP contribution in [0.3, 0.4) is 0 Å². The summed E-state index contributed by atoms with van der Waals surface area (Å²) in [6.07, 6.45) is 3.75. The second-order valence-corrected chi connectivity index (χ2v) is 12.4. The van der Waals surface area contributed by atoms with Crippen molar-refractivity contribution in [2.75, 3.05) is 18.0 Å². The summed E-state index contributed by atoms with van der Waals surface area (Å²) in [4.78, 5) is 14.5. The summed E-state index contributed by atoms with van der Waals surface area (Å²) in [7, 11) is -3.72. The van der Waals surface area contributed by atoms with Crippen LogP contribution in [0.25, 0.3) is 5.65 Å². The van der Waals surface area contributed by atoms with E-state index in [9.17, 15) is 18.3 Å². The lowest BCUT2D eigenvalue weighted by Gasteiger charge is -2.27. The van der Waals surface area contributed by atoms with Crippen molar-refractivity contribution >= 4 is 27.3 Å². The van der Waals surface area contributed by atoms with E-state index < -0.39 is 21.9 Å². The number of carbonyl (C=O) groups is 1. The number of hydrogen-bond donors (Lipinski definition) is 1. The van der Waals surface area contributed by atoms with Crippen LogP contribution in [-0.2, 0) is 21.4 Å². The van der Waals surface area contributed by atoms with E-state index in [1.807, 2.05) is 66.9 Å². The molecule has 10 heteroatoms. The molecule has 202 valence electrons. The molecule has 0 bridgehead atoms. The Balaban J connectivity index is 1.38. The quantitative estimate of drug-likeness (QED) is 0.388. The van der Waals surface area contributed by atoms with Crippen LogP contribution in [0.4, 0.5) is 5.69 Å². The van der Waals surface area contributed by atoms with E-state index in [4.69, 9.17) is 0 Å². The second kappa shape index (κ2) is 9.77. The monoisotopic (exact) mass is 545 g/mol. The van der Waals surface area contributed by atoms with E-state index >= 15 is 0 Å². The SMILES string of the molecule is Cc1ccc([C@@H](CC(=O)O)c2ccn3c(C)nnc3c2)cc1CN1C[C@H]2CCCN2c2ccccc2S1(=O)=O. The molecule has 0 aliphatic carbocycles. The number of aryl methyl sites for hydroxylation is 2. The Labute approximate surface area is 227 Å². The summed E-state index contributed by atoms with van der Waals surface area (Å²) in [5.41, 5.74) is 4.93. The lowest BCUT2D eigenvalue weighted by Crippen LogP contribution is -2.39. The molecular weight excluding hydrogens is 514 g/mol. The van der Waals surface area contributed by atoms with Crippen LogP contribution in [0.5, 0.6) is 0 Å². The number of aromatic nitrogens is 3. The molecule has 1 N–H and O–H groups in total. The van der Waals surface area contributed by atoms with Crippen LogP contribution in [0.1, 0.15) is 53.3 Å². The first-order valence-electron chi connectivity index (χ1n) is 13.2. The van der Waals surface area contributed by atoms with Gasteiger partial charge in [0.05, 0.1) is 12.1 Å². The zero-order chi connectivity index (χ0) is 27.3. The Morgan fingerprint density at radius 1 is 1.08 bits per heavy atom. The number of nitrogens with zero attached hydrogens (tertiary/aromatic N) is 5. The molecule has 2 aliphatic heterocycles. The van der Waals surface area contributed by atoms with Gasteiger partial charge in [-0.25, -0.2) is 8.42 Å². The summed E-state index contributed by atoms with van der Waals surface area (Å²) in [5, 5.41) is 18.1. The van der Waals surface area contributed by atoms with Gasteiger partial charge < -0.3 is 10.0 Å². The zero-order valence-corrected chi connectivity index (χ0v) is 22.8. The van der Waals surface area contributed by atoms with Gasteiger partial charge in [-0.3, -0.25) is 9.20 Å². The maximum Gasteiger partial charge on any atom is 0.304 e. The first-order valence-corrected chi connectivity index (χ1v) is 14.6. The number of benzene rings is 2. The van der Waals surface area contributed by atoms with Gasteiger partial charge in [-0.05, 0) is 73.2 Å². The normalized spacial score (nSPS) is 19.4. The smallest absolute Gasteiger partial charge is 0.304 e. The average Bonchev–Trinajstić information content (AvgIpc) is 3.52. The minimum absolute atomic E-state index is 0.0990. The fourth-order valence-corrected chi connectivity index (χ4v) is 7.65. The number of fused-ring (bicyclic) bond motifs is 4. The number of carboxylic acids is 1. The molecule has 0 amide bonds. The van der Waals surface area contributed by atoms with Crippen LogP contribution in [0.15, 0.2) is 65.7 Å². The molecule has 2 aromatic carbocycles. The van der Waals surface area contributed by atoms with Gasteiger partial charge in [0.2, 0.25) is 10.0 Å². The van der Waals surface area contributed by atoms with Crippen molar-refractivity contribution in [1.82, 2.24) is 18.9 Å². The van der Waals surface area contributed by atoms with E-state index in [1.54, 1.807) is 16.4 Å². The Bertz CT molecular complexity index is 1680. The third kappa shape index (κ3) is 4.57. The van der Waals surface area contributed by atoms with Crippen molar-refractivity contribution in [2.45, 2.75) is 56.5 Å². The first-order chi connectivity index (χ1) is 18.7. The Morgan fingerprint density at radius 3 is 2.69 bits per heavy atom. The molecular formula is C29H31N5O4S. The minimum atomic E-state index is -3.72. The molecule has 0 saturated carbocycles. The topological polar surface area (TPSA) is 108 Å². The van der Waals surface area contributed by atoms with E-state index in [1.165, 1.54) is 0 Å². The fraction of sp³-hybridized carbons (Fsp3) is 0.345. The van der Waals surface area contributed by atoms with Crippen molar-refractivity contribution in [3.05, 3.63) is 88.9 Å². The lowest BCUT2D eigenvalue weighted by molar-refractivity contribution is -0.137. The van der Waals surface area contributed by atoms with Crippen LogP contribution in [0, 0.1) is 13.8 Å². The van der Waals surface area contributed by atoms with Gasteiger partial charge in [-0.1, -0.05) is 30.3 Å². The summed E-state index contributed by atoms with van der Waals surface area (Å²) in [6, 6.07) is 17.1. The average molecular weight is 546 g/mol. The molecule has 4 heterocycles. The van der Waals surface area contributed by atoms with Crippen LogP contribution in [-0.4, -0.2) is 57.5 Å². The van der Waals surface area contributed by atoms with Gasteiger partial charge in [0, 0.05) is 37.8 Å². The highest BCUT2D eigenvalue weighted by Crippen LogP contribution is 2.38. The van der Waals surface area contributed by atoms with Crippen molar-refractivity contribution in [2.24, 2.45) is 0 Å². The Morgan fingerprint density at radius 2 is 1.87 bits per heavy atom. The van der Waals surface area contributed by atoms with E-state index in [0.29, 0.717) is 17.1 Å². The fourth-order valence-electron chi connectivity index (χ4n) is 5.99. The Hall–Kier alpha value is -3.76. The highest BCUT2D eigenvalue weighted by atomic mass is 32.2. The number of anilines is 1. The molecule has 6 rings (SSSR count). The Kier molecular flexibility index (Phi) is 6.39. The number of rotatable bonds is 6. The minimum Gasteiger partial charge on any atom is -0.481 e. The number of carboxylic acid groups (broad SMARTS) is 1. The first kappa shape index (κ1) is 25.5. The van der Waals surface area contributed by atoms with Crippen LogP contribution < -0.4 is 4.90 Å². The largest absolute Gasteiger partial charge is 0.481 e. The third-order valence-electron chi connectivity index (χ3n) is 8.09. The number of hydrogen-bond acceptors (Lipinski definition) is 6. The zero-order valence-electron chi connectivity index (χ0n) is 22.0. The maximum absolute atomic E-state index is 13.9. The molecule has 0 unspecified atom stereocenters. The number of para-hydroxylation sites is 1. The van der Waals surface area contributed by atoms with Gasteiger partial charge in [-0.2, -0.15) is 4.31 Å². The van der Waals surface area contributed by atoms with E-state index in [-0.39, 0.29) is 19.0 Å². The van der Waals surface area contributed by atoms with Gasteiger partial charge in [0.1, 0.15) is 10.7 Å². The summed E-state index contributed by atoms with van der Waals surface area (Å²) >= 11 is 0. The molecule has 1 fully saturated rings. The predicted octanol–water partition coefficient (Wildman–Crippen LogP) is 4.13. The summed E-state index contributed by atoms with van der Waals surface area (Å²) in [6.45, 7) is 5.33. The molecule has 2 aliphatic rings. The van der Waals surface area contributed by atoms with Crippen LogP contribution >= 0.6 is 0 Å². The molecule has 4 aromatic rings. The molecule has 1 saturated heterocycles. The third-order valence-corrected chi connectivity index (χ3v) is 9.95. The van der Waals surface area contributed by atoms with Gasteiger partial charge >= 0.3 is 5.97 Å². The summed E-state index contributed by atoms with van der Waals surface area (Å²) in [5.74, 6) is -0.576. The van der Waals surface area contributed by atoms with Crippen LogP contribution in [0.2, 0.25) is 0 Å². The number of sulfonamides is 1. The van der Waals surface area contributed by atoms with Crippen molar-refractivity contribution in [3.63, 3.8) is 0 Å². The summed E-state index contributed by atoms with van der Waals surface area (Å²) < 4.78 is 31.2. The standard InChI is InChI=1S/C29H31N5O4S/c1-19-9-10-21(25(16-29(35)36)22-11-13-33-20(2)30-31-28(33)15-22)14-23(19)17-32-18-24-6-5-12-34(24)26-7-3-4-8-27(26)39(32,37)38/h3-4,7-11,13-15,24-25H,5-6,12,16-18H2,1-2H3,(H,35,36)/t24-,25-/m1/s1. The van der Waals surface area contributed by atoms with Gasteiger partial charge in [-0.15, -0.1) is 10.2 Å². The highest BCUT2D eigenvalue weighted by Gasteiger charge is 2.39. The molecule has 2 atom stereocenters. The second-order valence-electron chi connectivity index (χ2n) is 10.5. The highest BCUT2D eigenvalue weighted by molar-refractivity contribution is 7.89. The van der Waals surface area contributed by atoms with Crippen molar-refractivity contribution < 1.29 is 18.3 Å². The van der Waals surface area contributed by atoms with Crippen molar-refractivity contribution in [1.29, 1.82) is 0 Å². The van der Waals surface area contributed by atoms with Gasteiger partial charge in [0.15, 0.2) is 5.65 Å². The molecule has 0 radical (unpaired) electrons. The molecule has 39 heavy (non-hydrogen) atoms. The molecule has 9 nitrogen and oxygen atoms in total. The number of aliphatic carboxylic acids is 1. The molecule has 2 aromatic heterocycles. The lowest BCUT2D eigenvalue weighted by atomic mass is 9.87. The van der Waals surface area contributed by atoms with Crippen molar-refractivity contribution in [3.8, 4) is 0 Å². The van der Waals surface area contributed by atoms with Gasteiger partial charge in [0.25, 0.3) is 0 Å². The predicted molar refractivity (Wildman–Crippen MR) is 147 cm³/mol.